The molecule has 150 valence electrons. The average molecular weight is 418 g/mol. The lowest BCUT2D eigenvalue weighted by Gasteiger charge is -2.26. The predicted octanol–water partition coefficient (Wildman–Crippen LogP) is 4.80. The van der Waals surface area contributed by atoms with E-state index < -0.39 is 0 Å². The molecule has 0 saturated heterocycles. The molecule has 0 spiro atoms. The van der Waals surface area contributed by atoms with Gasteiger partial charge in [0.25, 0.3) is 5.91 Å². The van der Waals surface area contributed by atoms with Gasteiger partial charge < -0.3 is 10.2 Å². The quantitative estimate of drug-likeness (QED) is 0.651. The number of benzene rings is 2. The summed E-state index contributed by atoms with van der Waals surface area (Å²) in [6, 6.07) is 14.8. The van der Waals surface area contributed by atoms with Crippen molar-refractivity contribution in [2.75, 3.05) is 11.9 Å². The molecule has 1 aromatic heterocycles. The number of rotatable bonds is 2. The maximum atomic E-state index is 12.5. The minimum absolute atomic E-state index is 0.0658. The number of amides is 2. The molecule has 6 heteroatoms. The summed E-state index contributed by atoms with van der Waals surface area (Å²) in [6.45, 7) is 1.94. The largest absolute Gasteiger partial charge is 0.355 e. The van der Waals surface area contributed by atoms with Crippen molar-refractivity contribution < 1.29 is 9.59 Å². The maximum absolute atomic E-state index is 12.5. The molecule has 2 aromatic carbocycles. The summed E-state index contributed by atoms with van der Waals surface area (Å²) >= 11 is 6.16. The number of aromatic nitrogens is 1. The molecule has 3 aromatic rings. The summed E-state index contributed by atoms with van der Waals surface area (Å²) < 4.78 is 0. The molecule has 0 saturated carbocycles. The molecule has 0 bridgehead atoms. The van der Waals surface area contributed by atoms with Crippen molar-refractivity contribution in [2.24, 2.45) is 0 Å². The molecule has 1 aliphatic heterocycles. The third-order valence-corrected chi connectivity index (χ3v) is 5.37. The first-order chi connectivity index (χ1) is 14.5. The van der Waals surface area contributed by atoms with Crippen LogP contribution in [-0.4, -0.2) is 23.8 Å². The number of pyridine rings is 1. The number of hydrogen-bond acceptors (Lipinski definition) is 3. The SMILES string of the molecule is CNC(=O)c1ccccc1-c1cc2c(cn1)/C=C\c1cc(Cl)ccc1N(C(C)=O)C2. The number of anilines is 1. The zero-order valence-electron chi connectivity index (χ0n) is 16.6. The zero-order valence-corrected chi connectivity index (χ0v) is 17.4. The first-order valence-corrected chi connectivity index (χ1v) is 9.92. The standard InChI is InChI=1S/C24H20ClN3O2/c1-15(29)28-14-18-12-22(20-5-3-4-6-21(20)24(30)26-2)27-13-17(18)8-7-16-11-19(25)9-10-23(16)28/h3-13H,14H2,1-2H3,(H,26,30)/b8-7-. The maximum Gasteiger partial charge on any atom is 0.251 e. The number of fused-ring (bicyclic) bond motifs is 2. The van der Waals surface area contributed by atoms with E-state index in [2.05, 4.69) is 10.3 Å². The molecular weight excluding hydrogens is 398 g/mol. The molecule has 0 unspecified atom stereocenters. The Hall–Kier alpha value is -3.44. The second-order valence-electron chi connectivity index (χ2n) is 7.03. The Kier molecular flexibility index (Phi) is 5.38. The number of nitrogens with zero attached hydrogens (tertiary/aromatic N) is 2. The summed E-state index contributed by atoms with van der Waals surface area (Å²) in [4.78, 5) is 31.1. The molecule has 0 atom stereocenters. The highest BCUT2D eigenvalue weighted by molar-refractivity contribution is 6.30. The van der Waals surface area contributed by atoms with Gasteiger partial charge >= 0.3 is 0 Å². The van der Waals surface area contributed by atoms with Crippen LogP contribution in [0.4, 0.5) is 5.69 Å². The fraction of sp³-hybridized carbons (Fsp3) is 0.125. The van der Waals surface area contributed by atoms with E-state index in [1.54, 1.807) is 37.2 Å². The molecule has 2 amide bonds. The van der Waals surface area contributed by atoms with Crippen LogP contribution in [0, 0.1) is 0 Å². The third-order valence-electron chi connectivity index (χ3n) is 5.13. The van der Waals surface area contributed by atoms with E-state index in [4.69, 9.17) is 11.6 Å². The second kappa shape index (κ2) is 8.13. The molecule has 5 nitrogen and oxygen atoms in total. The van der Waals surface area contributed by atoms with Gasteiger partial charge in [0.2, 0.25) is 5.91 Å². The van der Waals surface area contributed by atoms with Gasteiger partial charge in [-0.1, -0.05) is 42.0 Å². The monoisotopic (exact) mass is 417 g/mol. The van der Waals surface area contributed by atoms with Gasteiger partial charge in [-0.15, -0.1) is 0 Å². The smallest absolute Gasteiger partial charge is 0.251 e. The summed E-state index contributed by atoms with van der Waals surface area (Å²) in [5.74, 6) is -0.237. The summed E-state index contributed by atoms with van der Waals surface area (Å²) in [7, 11) is 1.60. The van der Waals surface area contributed by atoms with Crippen LogP contribution < -0.4 is 10.2 Å². The van der Waals surface area contributed by atoms with E-state index in [0.717, 1.165) is 27.9 Å². The van der Waals surface area contributed by atoms with E-state index in [-0.39, 0.29) is 11.8 Å². The molecular formula is C24H20ClN3O2. The van der Waals surface area contributed by atoms with E-state index in [9.17, 15) is 9.59 Å². The van der Waals surface area contributed by atoms with Gasteiger partial charge in [-0.25, -0.2) is 0 Å². The summed E-state index contributed by atoms with van der Waals surface area (Å²) in [6.07, 6.45) is 5.69. The number of carbonyl (C=O) groups is 2. The van der Waals surface area contributed by atoms with Crippen molar-refractivity contribution in [2.45, 2.75) is 13.5 Å². The van der Waals surface area contributed by atoms with Crippen LogP contribution in [0.15, 0.2) is 54.7 Å². The van der Waals surface area contributed by atoms with Gasteiger partial charge in [0.1, 0.15) is 0 Å². The van der Waals surface area contributed by atoms with E-state index in [1.807, 2.05) is 48.6 Å². The fourth-order valence-corrected chi connectivity index (χ4v) is 3.78. The summed E-state index contributed by atoms with van der Waals surface area (Å²) in [5, 5.41) is 3.28. The Morgan fingerprint density at radius 1 is 1.07 bits per heavy atom. The Labute approximate surface area is 180 Å². The molecule has 0 radical (unpaired) electrons. The van der Waals surface area contributed by atoms with Crippen molar-refractivity contribution in [3.05, 3.63) is 82.0 Å². The van der Waals surface area contributed by atoms with Crippen LogP contribution in [0.1, 0.15) is 34.0 Å². The molecule has 2 heterocycles. The predicted molar refractivity (Wildman–Crippen MR) is 120 cm³/mol. The second-order valence-corrected chi connectivity index (χ2v) is 7.47. The highest BCUT2D eigenvalue weighted by Gasteiger charge is 2.20. The van der Waals surface area contributed by atoms with Crippen LogP contribution in [-0.2, 0) is 11.3 Å². The fourth-order valence-electron chi connectivity index (χ4n) is 3.60. The first-order valence-electron chi connectivity index (χ1n) is 9.54. The van der Waals surface area contributed by atoms with Gasteiger partial charge in [-0.3, -0.25) is 14.6 Å². The van der Waals surface area contributed by atoms with Crippen molar-refractivity contribution >= 4 is 41.3 Å². The minimum atomic E-state index is -0.171. The van der Waals surface area contributed by atoms with Gasteiger partial charge in [0.05, 0.1) is 17.9 Å². The van der Waals surface area contributed by atoms with Gasteiger partial charge in [0.15, 0.2) is 0 Å². The lowest BCUT2D eigenvalue weighted by Crippen LogP contribution is -2.29. The highest BCUT2D eigenvalue weighted by atomic mass is 35.5. The average Bonchev–Trinajstić information content (AvgIpc) is 2.74. The Bertz CT molecular complexity index is 1190. The molecule has 4 rings (SSSR count). The molecule has 0 fully saturated rings. The van der Waals surface area contributed by atoms with Crippen LogP contribution in [0.3, 0.4) is 0 Å². The lowest BCUT2D eigenvalue weighted by atomic mass is 9.98. The molecule has 0 aliphatic carbocycles. The van der Waals surface area contributed by atoms with Crippen LogP contribution in [0.25, 0.3) is 23.4 Å². The Balaban J connectivity index is 1.84. The van der Waals surface area contributed by atoms with Gasteiger partial charge in [-0.05, 0) is 47.0 Å². The van der Waals surface area contributed by atoms with E-state index >= 15 is 0 Å². The van der Waals surface area contributed by atoms with Crippen LogP contribution >= 0.6 is 11.6 Å². The Morgan fingerprint density at radius 2 is 1.83 bits per heavy atom. The lowest BCUT2D eigenvalue weighted by molar-refractivity contribution is -0.116. The first kappa shape index (κ1) is 19.9. The molecule has 1 N–H and O–H groups in total. The highest BCUT2D eigenvalue weighted by Crippen LogP contribution is 2.32. The topological polar surface area (TPSA) is 62.3 Å². The normalized spacial score (nSPS) is 13.5. The number of carbonyl (C=O) groups excluding carboxylic acids is 2. The zero-order chi connectivity index (χ0) is 21.3. The number of halogens is 1. The third kappa shape index (κ3) is 3.72. The molecule has 1 aliphatic rings. The van der Waals surface area contributed by atoms with E-state index in [0.29, 0.717) is 22.8 Å². The van der Waals surface area contributed by atoms with E-state index in [1.165, 1.54) is 0 Å². The van der Waals surface area contributed by atoms with Crippen molar-refractivity contribution in [3.63, 3.8) is 0 Å². The van der Waals surface area contributed by atoms with Crippen molar-refractivity contribution in [1.82, 2.24) is 10.3 Å². The van der Waals surface area contributed by atoms with Crippen molar-refractivity contribution in [1.29, 1.82) is 0 Å². The van der Waals surface area contributed by atoms with Gasteiger partial charge in [-0.2, -0.15) is 0 Å². The van der Waals surface area contributed by atoms with Crippen LogP contribution in [0.5, 0.6) is 0 Å². The van der Waals surface area contributed by atoms with Gasteiger partial charge in [0, 0.05) is 36.3 Å². The number of nitrogens with one attached hydrogen (secondary N) is 1. The molecule has 30 heavy (non-hydrogen) atoms. The minimum Gasteiger partial charge on any atom is -0.355 e. The number of hydrogen-bond donors (Lipinski definition) is 1. The summed E-state index contributed by atoms with van der Waals surface area (Å²) in [5.41, 5.74) is 5.51. The van der Waals surface area contributed by atoms with Crippen LogP contribution in [0.2, 0.25) is 5.02 Å². The Morgan fingerprint density at radius 3 is 2.60 bits per heavy atom. The van der Waals surface area contributed by atoms with Crippen molar-refractivity contribution in [3.8, 4) is 11.3 Å².